The molecule has 0 bridgehead atoms. The minimum Gasteiger partial charge on any atom is -0.490 e. The predicted molar refractivity (Wildman–Crippen MR) is 85.8 cm³/mol. The Bertz CT molecular complexity index is 644. The molecule has 0 aliphatic heterocycles. The second-order valence-corrected chi connectivity index (χ2v) is 5.48. The van der Waals surface area contributed by atoms with E-state index >= 15 is 0 Å². The van der Waals surface area contributed by atoms with Crippen molar-refractivity contribution >= 4 is 27.3 Å². The van der Waals surface area contributed by atoms with Gasteiger partial charge >= 0.3 is 5.69 Å². The van der Waals surface area contributed by atoms with E-state index in [0.29, 0.717) is 0 Å². The second kappa shape index (κ2) is 6.58. The van der Waals surface area contributed by atoms with Gasteiger partial charge in [0.1, 0.15) is 0 Å². The fourth-order valence-electron chi connectivity index (χ4n) is 2.00. The largest absolute Gasteiger partial charge is 0.490 e. The lowest BCUT2D eigenvalue weighted by Gasteiger charge is -2.16. The number of ether oxygens (including phenoxy) is 1. The smallest absolute Gasteiger partial charge is 0.311 e. The van der Waals surface area contributed by atoms with Crippen LogP contribution in [0.4, 0.5) is 11.4 Å². The summed E-state index contributed by atoms with van der Waals surface area (Å²) in [6, 6.07) is 12.8. The van der Waals surface area contributed by atoms with E-state index in [2.05, 4.69) is 21.2 Å². The molecule has 5 nitrogen and oxygen atoms in total. The van der Waals surface area contributed by atoms with Crippen LogP contribution < -0.4 is 10.1 Å². The van der Waals surface area contributed by atoms with Gasteiger partial charge in [0.25, 0.3) is 0 Å². The van der Waals surface area contributed by atoms with E-state index in [1.807, 2.05) is 31.2 Å². The average molecular weight is 351 g/mol. The molecule has 1 atom stereocenters. The summed E-state index contributed by atoms with van der Waals surface area (Å²) in [6.45, 7) is 2.02. The lowest BCUT2D eigenvalue weighted by atomic mass is 10.1. The molecule has 0 fully saturated rings. The predicted octanol–water partition coefficient (Wildman–Crippen LogP) is 4.54. The Labute approximate surface area is 131 Å². The maximum absolute atomic E-state index is 10.9. The number of halogens is 1. The van der Waals surface area contributed by atoms with Crippen LogP contribution >= 0.6 is 15.9 Å². The molecule has 2 aromatic rings. The number of hydrogen-bond acceptors (Lipinski definition) is 4. The topological polar surface area (TPSA) is 64.4 Å². The van der Waals surface area contributed by atoms with Crippen LogP contribution in [0.1, 0.15) is 18.5 Å². The number of nitrogens with one attached hydrogen (secondary N) is 1. The molecule has 0 saturated heterocycles. The van der Waals surface area contributed by atoms with Gasteiger partial charge in [0.2, 0.25) is 0 Å². The van der Waals surface area contributed by atoms with Crippen molar-refractivity contribution in [3.05, 3.63) is 62.6 Å². The summed E-state index contributed by atoms with van der Waals surface area (Å²) >= 11 is 3.40. The Morgan fingerprint density at radius 2 is 1.90 bits per heavy atom. The van der Waals surface area contributed by atoms with Gasteiger partial charge in [-0.05, 0) is 30.7 Å². The Morgan fingerprint density at radius 3 is 2.48 bits per heavy atom. The summed E-state index contributed by atoms with van der Waals surface area (Å²) in [5, 5.41) is 14.2. The second-order valence-electron chi connectivity index (χ2n) is 4.56. The number of nitro groups is 1. The summed E-state index contributed by atoms with van der Waals surface area (Å²) in [4.78, 5) is 10.4. The van der Waals surface area contributed by atoms with Crippen LogP contribution in [-0.2, 0) is 0 Å². The molecular formula is C15H15BrN2O3. The van der Waals surface area contributed by atoms with Gasteiger partial charge in [0, 0.05) is 28.3 Å². The maximum atomic E-state index is 10.9. The third-order valence-electron chi connectivity index (χ3n) is 3.13. The number of methoxy groups -OCH3 is 1. The molecule has 0 aromatic heterocycles. The number of anilines is 1. The van der Waals surface area contributed by atoms with Gasteiger partial charge in [-0.1, -0.05) is 28.1 Å². The van der Waals surface area contributed by atoms with Gasteiger partial charge in [-0.15, -0.1) is 0 Å². The number of benzene rings is 2. The molecule has 0 aliphatic rings. The Hall–Kier alpha value is -2.08. The van der Waals surface area contributed by atoms with Gasteiger partial charge in [-0.2, -0.15) is 0 Å². The SMILES string of the molecule is COc1cc(NC(C)c2ccc(Br)cc2)ccc1[N+](=O)[O-]. The molecule has 0 amide bonds. The normalized spacial score (nSPS) is 11.8. The van der Waals surface area contributed by atoms with Crippen molar-refractivity contribution in [1.82, 2.24) is 0 Å². The van der Waals surface area contributed by atoms with Crippen LogP contribution in [0, 0.1) is 10.1 Å². The van der Waals surface area contributed by atoms with Crippen molar-refractivity contribution in [1.29, 1.82) is 0 Å². The minimum absolute atomic E-state index is 0.0423. The first-order valence-corrected chi connectivity index (χ1v) is 7.15. The first-order chi connectivity index (χ1) is 10.0. The molecule has 2 rings (SSSR count). The van der Waals surface area contributed by atoms with Crippen LogP contribution in [0.3, 0.4) is 0 Å². The summed E-state index contributed by atoms with van der Waals surface area (Å²) in [5.74, 6) is 0.244. The highest BCUT2D eigenvalue weighted by Gasteiger charge is 2.15. The van der Waals surface area contributed by atoms with Crippen LogP contribution in [0.15, 0.2) is 46.9 Å². The molecule has 0 aliphatic carbocycles. The van der Waals surface area contributed by atoms with Gasteiger partial charge < -0.3 is 10.1 Å². The third kappa shape index (κ3) is 3.72. The van der Waals surface area contributed by atoms with Crippen LogP contribution in [0.25, 0.3) is 0 Å². The molecule has 0 heterocycles. The Balaban J connectivity index is 2.19. The van der Waals surface area contributed by atoms with Crippen molar-refractivity contribution in [2.45, 2.75) is 13.0 Å². The van der Waals surface area contributed by atoms with Crippen LogP contribution in [-0.4, -0.2) is 12.0 Å². The van der Waals surface area contributed by atoms with E-state index in [0.717, 1.165) is 15.7 Å². The van der Waals surface area contributed by atoms with Gasteiger partial charge in [0.05, 0.1) is 12.0 Å². The van der Waals surface area contributed by atoms with E-state index in [9.17, 15) is 10.1 Å². The number of rotatable bonds is 5. The monoisotopic (exact) mass is 350 g/mol. The lowest BCUT2D eigenvalue weighted by molar-refractivity contribution is -0.385. The summed E-state index contributed by atoms with van der Waals surface area (Å²) < 4.78 is 6.09. The zero-order valence-corrected chi connectivity index (χ0v) is 13.3. The molecule has 21 heavy (non-hydrogen) atoms. The standard InChI is InChI=1S/C15H15BrN2O3/c1-10(11-3-5-12(16)6-4-11)17-13-7-8-14(18(19)20)15(9-13)21-2/h3-10,17H,1-2H3. The zero-order valence-electron chi connectivity index (χ0n) is 11.7. The molecule has 1 unspecified atom stereocenters. The molecule has 110 valence electrons. The molecular weight excluding hydrogens is 336 g/mol. The van der Waals surface area contributed by atoms with Gasteiger partial charge in [-0.3, -0.25) is 10.1 Å². The van der Waals surface area contributed by atoms with E-state index in [4.69, 9.17) is 4.74 Å². The summed E-state index contributed by atoms with van der Waals surface area (Å²) in [7, 11) is 1.42. The highest BCUT2D eigenvalue weighted by molar-refractivity contribution is 9.10. The molecule has 0 spiro atoms. The molecule has 0 radical (unpaired) electrons. The van der Waals surface area contributed by atoms with Gasteiger partial charge in [-0.25, -0.2) is 0 Å². The first-order valence-electron chi connectivity index (χ1n) is 6.35. The maximum Gasteiger partial charge on any atom is 0.311 e. The van der Waals surface area contributed by atoms with E-state index in [1.54, 1.807) is 12.1 Å². The van der Waals surface area contributed by atoms with Crippen molar-refractivity contribution < 1.29 is 9.66 Å². The lowest BCUT2D eigenvalue weighted by Crippen LogP contribution is -2.06. The highest BCUT2D eigenvalue weighted by Crippen LogP contribution is 2.31. The van der Waals surface area contributed by atoms with E-state index in [-0.39, 0.29) is 17.5 Å². The number of nitro benzene ring substituents is 1. The molecule has 2 aromatic carbocycles. The fraction of sp³-hybridized carbons (Fsp3) is 0.200. The molecule has 6 heteroatoms. The van der Waals surface area contributed by atoms with Crippen molar-refractivity contribution in [2.75, 3.05) is 12.4 Å². The van der Waals surface area contributed by atoms with Crippen molar-refractivity contribution in [2.24, 2.45) is 0 Å². The highest BCUT2D eigenvalue weighted by atomic mass is 79.9. The quantitative estimate of drug-likeness (QED) is 0.635. The number of hydrogen-bond donors (Lipinski definition) is 1. The first kappa shape index (κ1) is 15.3. The summed E-state index contributed by atoms with van der Waals surface area (Å²) in [5.41, 5.74) is 1.85. The van der Waals surface area contributed by atoms with E-state index in [1.165, 1.54) is 13.2 Å². The fourth-order valence-corrected chi connectivity index (χ4v) is 2.27. The summed E-state index contributed by atoms with van der Waals surface area (Å²) in [6.07, 6.45) is 0. The molecule has 0 saturated carbocycles. The van der Waals surface area contributed by atoms with Gasteiger partial charge in [0.15, 0.2) is 5.75 Å². The third-order valence-corrected chi connectivity index (χ3v) is 3.66. The zero-order chi connectivity index (χ0) is 15.4. The molecule has 1 N–H and O–H groups in total. The Morgan fingerprint density at radius 1 is 1.24 bits per heavy atom. The number of nitrogens with zero attached hydrogens (tertiary/aromatic N) is 1. The average Bonchev–Trinajstić information content (AvgIpc) is 2.47. The minimum atomic E-state index is -0.458. The van der Waals surface area contributed by atoms with Crippen molar-refractivity contribution in [3.63, 3.8) is 0 Å². The van der Waals surface area contributed by atoms with Crippen molar-refractivity contribution in [3.8, 4) is 5.75 Å². The van der Waals surface area contributed by atoms with E-state index < -0.39 is 4.92 Å². The van der Waals surface area contributed by atoms with Crippen LogP contribution in [0.2, 0.25) is 0 Å². The van der Waals surface area contributed by atoms with Crippen LogP contribution in [0.5, 0.6) is 5.75 Å². The Kier molecular flexibility index (Phi) is 4.80.